The Morgan fingerprint density at radius 3 is 2.59 bits per heavy atom. The van der Waals surface area contributed by atoms with E-state index in [1.165, 1.54) is 17.3 Å². The zero-order chi connectivity index (χ0) is 20.1. The summed E-state index contributed by atoms with van der Waals surface area (Å²) in [5.41, 5.74) is 5.05. The van der Waals surface area contributed by atoms with Crippen LogP contribution in [0.1, 0.15) is 76.5 Å². The monoisotopic (exact) mass is 379 g/mol. The normalized spacial score (nSPS) is 16.5. The number of nitrogens with zero attached hydrogens (tertiary/aromatic N) is 1. The molecule has 1 atom stereocenters. The Balaban J connectivity index is 2.35. The van der Waals surface area contributed by atoms with Gasteiger partial charge in [-0.1, -0.05) is 69.8 Å². The third kappa shape index (κ3) is 4.62. The Bertz CT molecular complexity index is 852. The molecule has 1 unspecified atom stereocenters. The molecule has 1 aliphatic carbocycles. The van der Waals surface area contributed by atoms with Crippen molar-refractivity contribution in [3.8, 4) is 6.07 Å². The molecule has 0 fully saturated rings. The van der Waals surface area contributed by atoms with Crippen molar-refractivity contribution in [3.63, 3.8) is 0 Å². The summed E-state index contributed by atoms with van der Waals surface area (Å²) in [4.78, 5) is 14.2. The largest absolute Gasteiger partial charge is 0.294 e. The van der Waals surface area contributed by atoms with Gasteiger partial charge in [0.25, 0.3) is 0 Å². The lowest BCUT2D eigenvalue weighted by Gasteiger charge is -2.16. The van der Waals surface area contributed by atoms with Crippen molar-refractivity contribution < 1.29 is 4.79 Å². The van der Waals surface area contributed by atoms with Gasteiger partial charge >= 0.3 is 0 Å². The average Bonchev–Trinajstić information content (AvgIpc) is 3.03. The van der Waals surface area contributed by atoms with Crippen LogP contribution >= 0.6 is 11.8 Å². The first kappa shape index (κ1) is 21.3. The van der Waals surface area contributed by atoms with E-state index in [1.54, 1.807) is 0 Å². The summed E-state index contributed by atoms with van der Waals surface area (Å²) in [7, 11) is 0. The molecule has 2 nitrogen and oxygen atoms in total. The Labute approximate surface area is 168 Å². The van der Waals surface area contributed by atoms with E-state index < -0.39 is 0 Å². The first-order chi connectivity index (χ1) is 12.8. The summed E-state index contributed by atoms with van der Waals surface area (Å²) in [6, 6.07) is 8.58. The van der Waals surface area contributed by atoms with Crippen molar-refractivity contribution in [1.82, 2.24) is 0 Å². The molecule has 142 valence electrons. The predicted molar refractivity (Wildman–Crippen MR) is 117 cm³/mol. The van der Waals surface area contributed by atoms with E-state index in [0.717, 1.165) is 44.9 Å². The number of rotatable bonds is 8. The fourth-order valence-electron chi connectivity index (χ4n) is 3.33. The van der Waals surface area contributed by atoms with Gasteiger partial charge in [-0.3, -0.25) is 4.79 Å². The van der Waals surface area contributed by atoms with Crippen molar-refractivity contribution >= 4 is 28.0 Å². The molecule has 0 bridgehead atoms. The molecule has 0 heterocycles. The molecular formula is C24H29NOS. The van der Waals surface area contributed by atoms with E-state index in [9.17, 15) is 10.1 Å². The lowest BCUT2D eigenvalue weighted by molar-refractivity contribution is -0.115. The van der Waals surface area contributed by atoms with Crippen LogP contribution in [0.4, 0.5) is 0 Å². The lowest BCUT2D eigenvalue weighted by Crippen LogP contribution is -2.03. The molecule has 0 saturated heterocycles. The molecule has 3 heteroatoms. The van der Waals surface area contributed by atoms with Gasteiger partial charge in [0.2, 0.25) is 0 Å². The van der Waals surface area contributed by atoms with Crippen molar-refractivity contribution in [3.05, 3.63) is 58.0 Å². The molecular weight excluding hydrogens is 350 g/mol. The van der Waals surface area contributed by atoms with E-state index in [0.29, 0.717) is 12.3 Å². The Hall–Kier alpha value is -2.05. The van der Waals surface area contributed by atoms with Crippen LogP contribution < -0.4 is 0 Å². The van der Waals surface area contributed by atoms with E-state index >= 15 is 0 Å². The second kappa shape index (κ2) is 9.24. The first-order valence-electron chi connectivity index (χ1n) is 9.70. The minimum Gasteiger partial charge on any atom is -0.294 e. The summed E-state index contributed by atoms with van der Waals surface area (Å²) in [6.07, 6.45) is 4.34. The summed E-state index contributed by atoms with van der Waals surface area (Å²) < 4.78 is 0. The van der Waals surface area contributed by atoms with Crippen molar-refractivity contribution in [2.45, 2.75) is 59.8 Å². The molecule has 0 spiro atoms. The van der Waals surface area contributed by atoms with Crippen molar-refractivity contribution in [2.24, 2.45) is 5.92 Å². The number of thioether (sulfide) groups is 1. The number of ketones is 1. The molecule has 2 rings (SSSR count). The minimum absolute atomic E-state index is 0.196. The molecule has 27 heavy (non-hydrogen) atoms. The standard InChI is InChI=1S/C24H29NOS/c1-7-9-23(26)24(16(5)8-2)27-17(6)18-10-11-20-21(15(3)4)13-19(14-25)22(20)12-18/h10-13,15,21H,6-9H2,1-5H3/b24-16+. The van der Waals surface area contributed by atoms with Crippen molar-refractivity contribution in [1.29, 1.82) is 5.26 Å². The van der Waals surface area contributed by atoms with Gasteiger partial charge < -0.3 is 0 Å². The SMILES string of the molecule is C=C(S/C(C(=O)CCC)=C(\C)CC)c1ccc2c(c1)C(C#N)=CC2C(C)C. The third-order valence-corrected chi connectivity index (χ3v) is 6.35. The number of allylic oxidation sites excluding steroid dienone is 4. The quantitative estimate of drug-likeness (QED) is 0.452. The fraction of sp³-hybridized carbons (Fsp3) is 0.417. The number of hydrogen-bond acceptors (Lipinski definition) is 3. The number of fused-ring (bicyclic) bond motifs is 1. The molecule has 0 N–H and O–H groups in total. The maximum Gasteiger partial charge on any atom is 0.169 e. The molecule has 1 aromatic rings. The van der Waals surface area contributed by atoms with Gasteiger partial charge in [-0.15, -0.1) is 0 Å². The molecule has 0 aliphatic heterocycles. The van der Waals surface area contributed by atoms with E-state index in [1.807, 2.05) is 13.8 Å². The van der Waals surface area contributed by atoms with Gasteiger partial charge in [0, 0.05) is 17.2 Å². The van der Waals surface area contributed by atoms with Gasteiger partial charge in [0.1, 0.15) is 0 Å². The minimum atomic E-state index is 0.196. The Kier molecular flexibility index (Phi) is 7.27. The molecule has 1 aromatic carbocycles. The van der Waals surface area contributed by atoms with Gasteiger partial charge in [0.15, 0.2) is 5.78 Å². The topological polar surface area (TPSA) is 40.9 Å². The highest BCUT2D eigenvalue weighted by Gasteiger charge is 2.26. The number of carbonyl (C=O) groups excluding carboxylic acids is 1. The number of carbonyl (C=O) groups is 1. The highest BCUT2D eigenvalue weighted by molar-refractivity contribution is 8.12. The highest BCUT2D eigenvalue weighted by atomic mass is 32.2. The van der Waals surface area contributed by atoms with Crippen molar-refractivity contribution in [2.75, 3.05) is 0 Å². The van der Waals surface area contributed by atoms with Gasteiger partial charge in [0.05, 0.1) is 16.5 Å². The van der Waals surface area contributed by atoms with Crippen LogP contribution in [0.3, 0.4) is 0 Å². The smallest absolute Gasteiger partial charge is 0.169 e. The van der Waals surface area contributed by atoms with Gasteiger partial charge in [-0.05, 0) is 48.4 Å². The van der Waals surface area contributed by atoms with Gasteiger partial charge in [-0.25, -0.2) is 0 Å². The van der Waals surface area contributed by atoms with E-state index in [2.05, 4.69) is 57.7 Å². The second-order valence-corrected chi connectivity index (χ2v) is 8.53. The van der Waals surface area contributed by atoms with Crippen LogP contribution in [0, 0.1) is 17.2 Å². The third-order valence-electron chi connectivity index (χ3n) is 5.08. The van der Waals surface area contributed by atoms with Crippen LogP contribution in [0.5, 0.6) is 0 Å². The number of benzene rings is 1. The molecule has 0 saturated carbocycles. The zero-order valence-corrected chi connectivity index (χ0v) is 17.9. The van der Waals surface area contributed by atoms with Crippen LogP contribution in [-0.2, 0) is 4.79 Å². The number of Topliss-reactive ketones (excluding diaryl/α,β-unsaturated/α-hetero) is 1. The summed E-state index contributed by atoms with van der Waals surface area (Å²) in [6.45, 7) is 14.7. The van der Waals surface area contributed by atoms with E-state index in [4.69, 9.17) is 0 Å². The summed E-state index contributed by atoms with van der Waals surface area (Å²) >= 11 is 1.47. The van der Waals surface area contributed by atoms with E-state index in [-0.39, 0.29) is 11.7 Å². The Morgan fingerprint density at radius 1 is 1.33 bits per heavy atom. The van der Waals surface area contributed by atoms with Crippen LogP contribution in [0.15, 0.2) is 41.3 Å². The maximum absolute atomic E-state index is 12.5. The summed E-state index contributed by atoms with van der Waals surface area (Å²) in [5.74, 6) is 0.932. The summed E-state index contributed by atoms with van der Waals surface area (Å²) in [5, 5.41) is 9.53. The van der Waals surface area contributed by atoms with Gasteiger partial charge in [-0.2, -0.15) is 5.26 Å². The number of nitriles is 1. The van der Waals surface area contributed by atoms with Crippen LogP contribution in [0.2, 0.25) is 0 Å². The fourth-order valence-corrected chi connectivity index (χ4v) is 4.35. The molecule has 1 aliphatic rings. The number of hydrogen-bond donors (Lipinski definition) is 0. The molecule has 0 aromatic heterocycles. The molecule has 0 radical (unpaired) electrons. The lowest BCUT2D eigenvalue weighted by atomic mass is 9.90. The average molecular weight is 380 g/mol. The highest BCUT2D eigenvalue weighted by Crippen LogP contribution is 2.43. The predicted octanol–water partition coefficient (Wildman–Crippen LogP) is 7.10. The maximum atomic E-state index is 12.5. The zero-order valence-electron chi connectivity index (χ0n) is 17.1. The second-order valence-electron chi connectivity index (χ2n) is 7.43. The Morgan fingerprint density at radius 2 is 2.04 bits per heavy atom. The first-order valence-corrected chi connectivity index (χ1v) is 10.5. The molecule has 0 amide bonds. The van der Waals surface area contributed by atoms with Crippen LogP contribution in [0.25, 0.3) is 10.5 Å². The van der Waals surface area contributed by atoms with Crippen LogP contribution in [-0.4, -0.2) is 5.78 Å².